The van der Waals surface area contributed by atoms with E-state index in [1.54, 1.807) is 54.9 Å². The Kier molecular flexibility index (Phi) is 40.4. The van der Waals surface area contributed by atoms with Crippen LogP contribution in [0.4, 0.5) is 8.78 Å². The number of aromatic nitrogens is 2. The van der Waals surface area contributed by atoms with Gasteiger partial charge in [0.25, 0.3) is 5.91 Å². The van der Waals surface area contributed by atoms with Crippen LogP contribution in [-0.2, 0) is 102 Å². The molecular weight excluding hydrogens is 1930 g/mol. The second-order valence-electron chi connectivity index (χ2n) is 32.7. The number of esters is 1. The molecule has 4 saturated carbocycles. The summed E-state index contributed by atoms with van der Waals surface area (Å²) in [5.74, 6) is 7.92. The van der Waals surface area contributed by atoms with Gasteiger partial charge in [0.05, 0.1) is 69.7 Å². The van der Waals surface area contributed by atoms with Crippen LogP contribution in [0.15, 0.2) is 149 Å². The van der Waals surface area contributed by atoms with Crippen LogP contribution in [0.2, 0.25) is 0 Å². The number of nitrogens with zero attached hydrogens (tertiary/aromatic N) is 4. The Balaban J connectivity index is 0.000000190. The minimum absolute atomic E-state index is 0. The van der Waals surface area contributed by atoms with Crippen molar-refractivity contribution in [2.45, 2.75) is 228 Å². The first-order valence-electron chi connectivity index (χ1n) is 42.6. The number of nitrogens with two attached hydrogens (primary N) is 1. The minimum Gasteiger partial charge on any atom is -0.870 e. The Bertz CT molecular complexity index is 5800. The van der Waals surface area contributed by atoms with Crippen LogP contribution in [0.25, 0.3) is 21.1 Å². The number of nitriles is 2. The summed E-state index contributed by atoms with van der Waals surface area (Å²) in [7, 11) is 1.38. The van der Waals surface area contributed by atoms with E-state index < -0.39 is 17.6 Å². The number of alkyl halides is 2. The fourth-order valence-corrected chi connectivity index (χ4v) is 22.1. The Morgan fingerprint density at radius 3 is 1.25 bits per heavy atom. The van der Waals surface area contributed by atoms with Gasteiger partial charge >= 0.3 is 30.8 Å². The van der Waals surface area contributed by atoms with Crippen LogP contribution >= 0.6 is 86.4 Å². The molecule has 0 atom stereocenters. The molecule has 9 aliphatic rings. The smallest absolute Gasteiger partial charge is 0.870 e. The second-order valence-corrected chi connectivity index (χ2v) is 38.4. The maximum absolute atomic E-state index is 14.3. The molecule has 26 heteroatoms. The van der Waals surface area contributed by atoms with Gasteiger partial charge in [0, 0.05) is 104 Å². The number of halogens is 6. The number of terminal acetylenes is 2. The molecule has 0 radical (unpaired) electrons. The van der Waals surface area contributed by atoms with Crippen LogP contribution in [-0.4, -0.2) is 85.1 Å². The number of aromatic carboxylic acids is 1. The zero-order chi connectivity index (χ0) is 90.1. The molecule has 2 aromatic heterocycles. The molecule has 17 nitrogen and oxygen atoms in total. The summed E-state index contributed by atoms with van der Waals surface area (Å²) in [5, 5.41) is 32.8. The van der Waals surface area contributed by atoms with Gasteiger partial charge in [-0.1, -0.05) is 185 Å². The van der Waals surface area contributed by atoms with Crippen molar-refractivity contribution in [2.75, 3.05) is 17.8 Å². The molecule has 18 rings (SSSR count). The fraction of sp³-hybridized carbons (Fsp3) is 0.379. The van der Waals surface area contributed by atoms with Gasteiger partial charge in [0.2, 0.25) is 0 Å². The number of benzene rings is 7. The van der Waals surface area contributed by atoms with Crippen molar-refractivity contribution >= 4 is 133 Å². The van der Waals surface area contributed by atoms with Crippen molar-refractivity contribution < 1.29 is 81.3 Å². The zero-order valence-electron chi connectivity index (χ0n) is 71.8. The number of methoxy groups -OCH3 is 1. The first-order valence-corrected chi connectivity index (χ1v) is 48.1. The molecule has 5 N–H and O–H groups in total. The minimum atomic E-state index is -0.921. The van der Waals surface area contributed by atoms with E-state index in [-0.39, 0.29) is 83.0 Å². The van der Waals surface area contributed by atoms with Gasteiger partial charge in [0.15, 0.2) is 0 Å². The summed E-state index contributed by atoms with van der Waals surface area (Å²) >= 11 is 16.2. The van der Waals surface area contributed by atoms with Gasteiger partial charge in [0.1, 0.15) is 50.6 Å². The maximum atomic E-state index is 14.3. The molecule has 0 saturated heterocycles. The van der Waals surface area contributed by atoms with E-state index in [1.165, 1.54) is 122 Å². The molecule has 7 aromatic carbocycles. The molecule has 4 fully saturated rings. The molecule has 1 amide bonds. The van der Waals surface area contributed by atoms with E-state index in [9.17, 15) is 47.1 Å². The number of carboxylic acids is 1. The molecule has 2 heterocycles. The third-order valence-corrected chi connectivity index (χ3v) is 29.2. The van der Waals surface area contributed by atoms with E-state index in [4.69, 9.17) is 38.9 Å². The van der Waals surface area contributed by atoms with Crippen LogP contribution < -0.4 is 29.9 Å². The van der Waals surface area contributed by atoms with E-state index in [0.717, 1.165) is 153 Å². The van der Waals surface area contributed by atoms with Gasteiger partial charge in [-0.15, -0.1) is 35.5 Å². The van der Waals surface area contributed by atoms with Gasteiger partial charge in [-0.25, -0.2) is 28.3 Å². The van der Waals surface area contributed by atoms with Crippen molar-refractivity contribution in [2.24, 2.45) is 5.73 Å². The second kappa shape index (κ2) is 49.7. The summed E-state index contributed by atoms with van der Waals surface area (Å²) in [6.45, 7) is 0.671. The Hall–Kier alpha value is -9.48. The standard InChI is InChI=1S/C26H22FN3O2S.C16H18O3.C15H16O3.C14H15BrO.C11H8FN3S.C9H7BrO.C6H2.C5H10Br2.CH4.Li.H2O/c27-22-10-16(13-28)4-6-20(22)25-30-15-19(33-25)14-29-24(32)17-5-7-21-18(11-17)12-23(31)26(21)8-2-1-3-9-26;1-19-15(18)11-5-6-13-12(9-11)10-14(17)16(13)7-3-2-4-8-16;16-13-9-11-8-10(14(17)18)4-5-12(11)15(13)6-2-1-3-7-15;15-11-4-5-12-10(8-11)9-13(16)14(12)6-2-1-3-7-14;12-10-3-7(4-13)1-2-9(10)11-15-6-8(5-14)16-11;10-8-2-1-6-4-9(11)5-7(6)3-8;1-3-5-6-4-2;6-4-2-1-3-5-7;;;/h4-7,10-11,15H,1-3,8-9,12,14H2,(H,29,32);5-6,9H,2-4,7-8,10H2,1H3;4-5,8H,1-3,6-7,9H2,(H,17,18);4-5,8H,1-3,6-7,9H2;1-3,6H,5,14H2;1-3H,4-5H2;1-2H;1-5H2;1H4;;1H2/q;;;;;;;;;+1;/p-1. The van der Waals surface area contributed by atoms with Gasteiger partial charge in [-0.3, -0.25) is 28.8 Å². The average Bonchev–Trinajstić information content (AvgIpc) is 1.62. The number of ether oxygens (including phenoxy) is 1. The molecule has 9 aromatic rings. The summed E-state index contributed by atoms with van der Waals surface area (Å²) in [6, 6.07) is 41.2. The number of thiazole rings is 2. The van der Waals surface area contributed by atoms with Crippen LogP contribution in [0, 0.1) is 70.8 Å². The predicted octanol–water partition coefficient (Wildman–Crippen LogP) is 19.4. The van der Waals surface area contributed by atoms with Crippen molar-refractivity contribution in [3.8, 4) is 69.8 Å². The first-order chi connectivity index (χ1) is 60.8. The number of hydrogen-bond acceptors (Lipinski definition) is 17. The maximum Gasteiger partial charge on any atom is 1.00 e. The van der Waals surface area contributed by atoms with Gasteiger partial charge < -0.3 is 26.4 Å². The van der Waals surface area contributed by atoms with E-state index >= 15 is 0 Å². The molecule has 0 aliphatic heterocycles. The van der Waals surface area contributed by atoms with Crippen LogP contribution in [0.3, 0.4) is 0 Å². The Morgan fingerprint density at radius 1 is 0.496 bits per heavy atom. The summed E-state index contributed by atoms with van der Waals surface area (Å²) in [5.41, 5.74) is 18.4. The van der Waals surface area contributed by atoms with Crippen molar-refractivity contribution in [1.29, 1.82) is 10.5 Å². The summed E-state index contributed by atoms with van der Waals surface area (Å²) in [6.07, 6.45) is 41.5. The molecule has 0 bridgehead atoms. The van der Waals surface area contributed by atoms with Crippen LogP contribution in [0.1, 0.15) is 263 Å². The number of rotatable bonds is 12. The topological polar surface area (TPSA) is 307 Å². The first kappa shape index (κ1) is 105. The third-order valence-electron chi connectivity index (χ3n) is 25.0. The fourth-order valence-electron chi connectivity index (χ4n) is 18.8. The predicted molar refractivity (Wildman–Crippen MR) is 511 cm³/mol. The number of carbonyl (C=O) groups is 8. The van der Waals surface area contributed by atoms with Gasteiger partial charge in [-0.2, -0.15) is 10.5 Å². The summed E-state index contributed by atoms with van der Waals surface area (Å²) in [4.78, 5) is 106. The number of amides is 1. The molecule has 4 spiro atoms. The van der Waals surface area contributed by atoms with Crippen molar-refractivity contribution in [3.05, 3.63) is 254 Å². The molecule has 129 heavy (non-hydrogen) atoms. The molecule has 666 valence electrons. The number of carboxylic acid groups (broad SMARTS) is 1. The van der Waals surface area contributed by atoms with Crippen LogP contribution in [0.5, 0.6) is 0 Å². The normalized spacial score (nSPS) is 16.1. The third kappa shape index (κ3) is 25.4. The zero-order valence-corrected chi connectivity index (χ0v) is 79.8. The number of carbonyl (C=O) groups excluding carboxylic acids is 7. The molecular formula is C103H103Br4F2LiN6O11S2. The largest absolute Gasteiger partial charge is 1.00 e. The quantitative estimate of drug-likeness (QED) is 0.0336. The number of unbranched alkanes of at least 4 members (excludes halogenated alkanes) is 2. The summed E-state index contributed by atoms with van der Waals surface area (Å²) < 4.78 is 34.8. The van der Waals surface area contributed by atoms with Crippen molar-refractivity contribution in [1.82, 2.24) is 15.3 Å². The van der Waals surface area contributed by atoms with E-state index in [2.05, 4.69) is 121 Å². The number of hydrogen-bond donors (Lipinski definition) is 3. The van der Waals surface area contributed by atoms with Gasteiger partial charge in [-0.05, 0) is 241 Å². The molecule has 0 unspecified atom stereocenters. The number of nitrogens with one attached hydrogen (secondary N) is 1. The molecule has 9 aliphatic carbocycles. The van der Waals surface area contributed by atoms with Crippen molar-refractivity contribution in [3.63, 3.8) is 0 Å². The Morgan fingerprint density at radius 2 is 0.860 bits per heavy atom. The number of Topliss-reactive ketones (excluding diaryl/α,β-unsaturated/α-hetero) is 5. The average molecular weight is 2030 g/mol. The van der Waals surface area contributed by atoms with E-state index in [1.807, 2.05) is 66.7 Å². The number of fused-ring (bicyclic) bond motifs is 9. The number of ketones is 5. The Labute approximate surface area is 808 Å². The van der Waals surface area contributed by atoms with E-state index in [0.29, 0.717) is 112 Å². The monoisotopic (exact) mass is 2020 g/mol. The SMILES string of the molecule is BrCCCCCBr.C.C#CC#CC#C.COC(=O)c1ccc2c(c1)CC(=O)C21CCCCC1.N#Cc1ccc(-c2ncc(CN)s2)c(F)c1.N#Cc1ccc(-c2ncc(CNC(=O)c3ccc4c(c3)CC(=O)C43CCCCC3)s2)c(F)c1.O=C(O)c1ccc2c(c1)CC(=O)C21CCCCC1.O=C1Cc2cc(Br)ccc2C12CCCCC2.O=C1Cc2ccc(Br)cc2C1.[Li+].[OH-].